The highest BCUT2D eigenvalue weighted by Gasteiger charge is 2.20. The molecule has 0 spiro atoms. The summed E-state index contributed by atoms with van der Waals surface area (Å²) < 4.78 is 11.5. The standard InChI is InChI=1S/C23H26N2O2/c1-26-23-9-3-2-6-20(23)16-25(17-21-8-5-13-27-21)15-18-10-11-22-19(14-18)7-4-12-24-22/h2-4,6-7,9-12,14,21H,5,8,13,15-17H2,1H3/t21-/m0/s1. The van der Waals surface area contributed by atoms with Crippen LogP contribution in [0.15, 0.2) is 60.8 Å². The van der Waals surface area contributed by atoms with Crippen LogP contribution >= 0.6 is 0 Å². The highest BCUT2D eigenvalue weighted by molar-refractivity contribution is 5.78. The van der Waals surface area contributed by atoms with Crippen molar-refractivity contribution in [2.24, 2.45) is 0 Å². The highest BCUT2D eigenvalue weighted by atomic mass is 16.5. The molecule has 1 atom stereocenters. The molecule has 4 rings (SSSR count). The van der Waals surface area contributed by atoms with Gasteiger partial charge in [-0.1, -0.05) is 30.3 Å². The number of methoxy groups -OCH3 is 1. The predicted molar refractivity (Wildman–Crippen MR) is 108 cm³/mol. The highest BCUT2D eigenvalue weighted by Crippen LogP contribution is 2.23. The van der Waals surface area contributed by atoms with Crippen LogP contribution in [0, 0.1) is 0 Å². The maximum atomic E-state index is 5.90. The van der Waals surface area contributed by atoms with Crippen LogP contribution in [0.25, 0.3) is 10.9 Å². The first-order valence-electron chi connectivity index (χ1n) is 9.61. The Hall–Kier alpha value is -2.43. The Balaban J connectivity index is 1.56. The summed E-state index contributed by atoms with van der Waals surface area (Å²) >= 11 is 0. The van der Waals surface area contributed by atoms with Gasteiger partial charge >= 0.3 is 0 Å². The minimum atomic E-state index is 0.321. The van der Waals surface area contributed by atoms with E-state index in [1.54, 1.807) is 7.11 Å². The summed E-state index contributed by atoms with van der Waals surface area (Å²) in [5.74, 6) is 0.942. The minimum Gasteiger partial charge on any atom is -0.496 e. The van der Waals surface area contributed by atoms with Crippen molar-refractivity contribution in [3.05, 3.63) is 71.9 Å². The normalized spacial score (nSPS) is 16.9. The Morgan fingerprint density at radius 2 is 2.04 bits per heavy atom. The Morgan fingerprint density at radius 1 is 1.11 bits per heavy atom. The van der Waals surface area contributed by atoms with Gasteiger partial charge in [-0.2, -0.15) is 0 Å². The van der Waals surface area contributed by atoms with E-state index in [1.807, 2.05) is 24.4 Å². The molecule has 140 valence electrons. The maximum Gasteiger partial charge on any atom is 0.123 e. The third-order valence-corrected chi connectivity index (χ3v) is 5.15. The van der Waals surface area contributed by atoms with Gasteiger partial charge in [-0.05, 0) is 42.7 Å². The number of nitrogens with zero attached hydrogens (tertiary/aromatic N) is 2. The third kappa shape index (κ3) is 4.46. The Bertz CT molecular complexity index is 890. The summed E-state index contributed by atoms with van der Waals surface area (Å²) in [4.78, 5) is 6.89. The number of ether oxygens (including phenoxy) is 2. The van der Waals surface area contributed by atoms with E-state index in [9.17, 15) is 0 Å². The molecule has 3 aromatic rings. The fourth-order valence-corrected chi connectivity index (χ4v) is 3.82. The smallest absolute Gasteiger partial charge is 0.123 e. The van der Waals surface area contributed by atoms with Crippen LogP contribution in [0.2, 0.25) is 0 Å². The van der Waals surface area contributed by atoms with Crippen molar-refractivity contribution in [1.29, 1.82) is 0 Å². The van der Waals surface area contributed by atoms with Crippen LogP contribution in [0.1, 0.15) is 24.0 Å². The van der Waals surface area contributed by atoms with E-state index in [0.29, 0.717) is 6.10 Å². The Labute approximate surface area is 160 Å². The molecule has 27 heavy (non-hydrogen) atoms. The fourth-order valence-electron chi connectivity index (χ4n) is 3.82. The summed E-state index contributed by atoms with van der Waals surface area (Å²) in [6.07, 6.45) is 4.47. The van der Waals surface area contributed by atoms with Crippen molar-refractivity contribution < 1.29 is 9.47 Å². The number of benzene rings is 2. The average molecular weight is 362 g/mol. The molecule has 0 bridgehead atoms. The first-order valence-corrected chi connectivity index (χ1v) is 9.61. The van der Waals surface area contributed by atoms with Crippen molar-refractivity contribution >= 4 is 10.9 Å². The number of rotatable bonds is 7. The fraction of sp³-hybridized carbons (Fsp3) is 0.348. The molecule has 2 aromatic carbocycles. The summed E-state index contributed by atoms with van der Waals surface area (Å²) in [6, 6.07) is 18.9. The average Bonchev–Trinajstić information content (AvgIpc) is 3.21. The molecule has 1 aliphatic heterocycles. The number of aromatic nitrogens is 1. The van der Waals surface area contributed by atoms with Gasteiger partial charge in [-0.25, -0.2) is 0 Å². The molecule has 0 unspecified atom stereocenters. The van der Waals surface area contributed by atoms with Gasteiger partial charge in [0.25, 0.3) is 0 Å². The van der Waals surface area contributed by atoms with E-state index in [4.69, 9.17) is 9.47 Å². The zero-order valence-electron chi connectivity index (χ0n) is 15.8. The lowest BCUT2D eigenvalue weighted by Crippen LogP contribution is -2.31. The minimum absolute atomic E-state index is 0.321. The molecule has 4 heteroatoms. The number of pyridine rings is 1. The lowest BCUT2D eigenvalue weighted by Gasteiger charge is -2.26. The van der Waals surface area contributed by atoms with Crippen LogP contribution < -0.4 is 4.74 Å². The molecule has 0 amide bonds. The molecular formula is C23H26N2O2. The van der Waals surface area contributed by atoms with Gasteiger partial charge in [0.2, 0.25) is 0 Å². The van der Waals surface area contributed by atoms with Crippen LogP contribution in [0.5, 0.6) is 5.75 Å². The largest absolute Gasteiger partial charge is 0.496 e. The van der Waals surface area contributed by atoms with Crippen LogP contribution in [0.4, 0.5) is 0 Å². The number of fused-ring (bicyclic) bond motifs is 1. The summed E-state index contributed by atoms with van der Waals surface area (Å²) in [7, 11) is 1.74. The molecule has 0 N–H and O–H groups in total. The summed E-state index contributed by atoms with van der Waals surface area (Å²) in [5, 5.41) is 1.18. The van der Waals surface area contributed by atoms with Gasteiger partial charge in [-0.15, -0.1) is 0 Å². The number of hydrogen-bond acceptors (Lipinski definition) is 4. The van der Waals surface area contributed by atoms with Crippen LogP contribution in [-0.4, -0.2) is 36.2 Å². The lowest BCUT2D eigenvalue weighted by molar-refractivity contribution is 0.0676. The SMILES string of the molecule is COc1ccccc1CN(Cc1ccc2ncccc2c1)C[C@@H]1CCCO1. The molecule has 2 heterocycles. The molecular weight excluding hydrogens is 336 g/mol. The predicted octanol–water partition coefficient (Wildman–Crippen LogP) is 4.42. The molecule has 0 saturated carbocycles. The lowest BCUT2D eigenvalue weighted by atomic mass is 10.1. The first kappa shape index (κ1) is 18.0. The van der Waals surface area contributed by atoms with Gasteiger partial charge in [0.1, 0.15) is 5.75 Å². The summed E-state index contributed by atoms with van der Waals surface area (Å²) in [6.45, 7) is 3.54. The maximum absolute atomic E-state index is 5.90. The van der Waals surface area contributed by atoms with Gasteiger partial charge in [0.15, 0.2) is 0 Å². The molecule has 4 nitrogen and oxygen atoms in total. The zero-order valence-corrected chi connectivity index (χ0v) is 15.8. The van der Waals surface area contributed by atoms with E-state index in [0.717, 1.165) is 50.3 Å². The van der Waals surface area contributed by atoms with Gasteiger partial charge < -0.3 is 9.47 Å². The van der Waals surface area contributed by atoms with E-state index in [2.05, 4.69) is 46.3 Å². The van der Waals surface area contributed by atoms with E-state index in [-0.39, 0.29) is 0 Å². The molecule has 0 aliphatic carbocycles. The van der Waals surface area contributed by atoms with Crippen molar-refractivity contribution in [3.8, 4) is 5.75 Å². The second kappa shape index (κ2) is 8.51. The second-order valence-electron chi connectivity index (χ2n) is 7.15. The van der Waals surface area contributed by atoms with Gasteiger partial charge in [0.05, 0.1) is 18.7 Å². The molecule has 0 radical (unpaired) electrons. The zero-order chi connectivity index (χ0) is 18.5. The van der Waals surface area contributed by atoms with Crippen molar-refractivity contribution in [1.82, 2.24) is 9.88 Å². The Morgan fingerprint density at radius 3 is 2.89 bits per heavy atom. The number of hydrogen-bond donors (Lipinski definition) is 0. The number of para-hydroxylation sites is 1. The van der Waals surface area contributed by atoms with E-state index < -0.39 is 0 Å². The quantitative estimate of drug-likeness (QED) is 0.623. The van der Waals surface area contributed by atoms with Crippen molar-refractivity contribution in [2.75, 3.05) is 20.3 Å². The van der Waals surface area contributed by atoms with Crippen molar-refractivity contribution in [2.45, 2.75) is 32.0 Å². The molecule has 1 aliphatic rings. The molecule has 1 aromatic heterocycles. The van der Waals surface area contributed by atoms with Crippen LogP contribution in [0.3, 0.4) is 0 Å². The Kier molecular flexibility index (Phi) is 5.66. The van der Waals surface area contributed by atoms with E-state index in [1.165, 1.54) is 16.5 Å². The topological polar surface area (TPSA) is 34.6 Å². The van der Waals surface area contributed by atoms with Crippen molar-refractivity contribution in [3.63, 3.8) is 0 Å². The van der Waals surface area contributed by atoms with Crippen LogP contribution in [-0.2, 0) is 17.8 Å². The summed E-state index contributed by atoms with van der Waals surface area (Å²) in [5.41, 5.74) is 3.54. The van der Waals surface area contributed by atoms with E-state index >= 15 is 0 Å². The third-order valence-electron chi connectivity index (χ3n) is 5.15. The monoisotopic (exact) mass is 362 g/mol. The van der Waals surface area contributed by atoms with Gasteiger partial charge in [-0.3, -0.25) is 9.88 Å². The molecule has 1 fully saturated rings. The second-order valence-corrected chi connectivity index (χ2v) is 7.15. The first-order chi connectivity index (χ1) is 13.3. The molecule has 1 saturated heterocycles. The van der Waals surface area contributed by atoms with Gasteiger partial charge in [0, 0.05) is 43.4 Å².